The summed E-state index contributed by atoms with van der Waals surface area (Å²) in [4.78, 5) is 0. The highest BCUT2D eigenvalue weighted by Gasteiger charge is 2.40. The van der Waals surface area contributed by atoms with Crippen LogP contribution in [0.2, 0.25) is 5.15 Å². The normalized spacial score (nSPS) is 13.3. The van der Waals surface area contributed by atoms with E-state index in [2.05, 4.69) is 5.10 Å². The molecule has 0 spiro atoms. The smallest absolute Gasteiger partial charge is 0.435 e. The minimum Gasteiger partial charge on any atom is -0.506 e. The third-order valence-electron chi connectivity index (χ3n) is 3.87. The van der Waals surface area contributed by atoms with E-state index in [-0.39, 0.29) is 16.6 Å². The highest BCUT2D eigenvalue weighted by molar-refractivity contribution is 6.31. The molecule has 1 aromatic carbocycles. The van der Waals surface area contributed by atoms with Crippen LogP contribution in [-0.4, -0.2) is 14.9 Å². The maximum Gasteiger partial charge on any atom is 0.435 e. The predicted molar refractivity (Wildman–Crippen MR) is 93.4 cm³/mol. The molecular weight excluding hydrogens is 367 g/mol. The van der Waals surface area contributed by atoms with Gasteiger partial charge in [-0.15, -0.1) is 0 Å². The van der Waals surface area contributed by atoms with Gasteiger partial charge < -0.3 is 5.11 Å². The van der Waals surface area contributed by atoms with Crippen LogP contribution in [0.5, 0.6) is 0 Å². The van der Waals surface area contributed by atoms with Crippen LogP contribution in [0.4, 0.5) is 13.2 Å². The Morgan fingerprint density at radius 1 is 1.19 bits per heavy atom. The number of hydrogen-bond donors (Lipinski definition) is 1. The standard InChI is InChI=1S/C18H17ClF3N3O/c1-17(2,3)11-7-5-10(6-8-11)12(9-23)14(26)13-15(18(20,21)22)24-25(4)16(13)19/h5-8,26H,1-4H3. The second-order valence-corrected chi connectivity index (χ2v) is 7.16. The van der Waals surface area contributed by atoms with E-state index in [1.54, 1.807) is 30.3 Å². The van der Waals surface area contributed by atoms with Gasteiger partial charge in [0.2, 0.25) is 0 Å². The fraction of sp³-hybridized carbons (Fsp3) is 0.333. The molecule has 0 aliphatic heterocycles. The molecule has 2 aromatic rings. The largest absolute Gasteiger partial charge is 0.506 e. The Labute approximate surface area is 154 Å². The van der Waals surface area contributed by atoms with E-state index >= 15 is 0 Å². The Morgan fingerprint density at radius 3 is 2.15 bits per heavy atom. The average molecular weight is 384 g/mol. The first-order chi connectivity index (χ1) is 11.9. The van der Waals surface area contributed by atoms with Crippen molar-refractivity contribution in [2.45, 2.75) is 32.4 Å². The molecule has 0 unspecified atom stereocenters. The molecule has 0 bridgehead atoms. The maximum absolute atomic E-state index is 13.2. The van der Waals surface area contributed by atoms with Gasteiger partial charge in [0.25, 0.3) is 0 Å². The molecule has 26 heavy (non-hydrogen) atoms. The fourth-order valence-electron chi connectivity index (χ4n) is 2.43. The number of allylic oxidation sites excluding steroid dienone is 1. The van der Waals surface area contributed by atoms with Crippen LogP contribution >= 0.6 is 11.6 Å². The topological polar surface area (TPSA) is 61.8 Å². The van der Waals surface area contributed by atoms with Crippen molar-refractivity contribution in [2.24, 2.45) is 7.05 Å². The minimum atomic E-state index is -4.83. The van der Waals surface area contributed by atoms with Crippen LogP contribution in [0.3, 0.4) is 0 Å². The molecular formula is C18H17ClF3N3O. The van der Waals surface area contributed by atoms with Gasteiger partial charge in [-0.1, -0.05) is 56.6 Å². The first-order valence-electron chi connectivity index (χ1n) is 7.62. The molecule has 1 heterocycles. The summed E-state index contributed by atoms with van der Waals surface area (Å²) >= 11 is 5.89. The van der Waals surface area contributed by atoms with Crippen molar-refractivity contribution in [3.05, 3.63) is 51.8 Å². The first-order valence-corrected chi connectivity index (χ1v) is 8.00. The maximum atomic E-state index is 13.2. The monoisotopic (exact) mass is 383 g/mol. The Kier molecular flexibility index (Phi) is 5.11. The molecule has 0 fully saturated rings. The van der Waals surface area contributed by atoms with Gasteiger partial charge in [0.15, 0.2) is 5.69 Å². The lowest BCUT2D eigenvalue weighted by Crippen LogP contribution is -2.11. The highest BCUT2D eigenvalue weighted by Crippen LogP contribution is 2.39. The number of benzene rings is 1. The third kappa shape index (κ3) is 3.70. The van der Waals surface area contributed by atoms with Crippen molar-refractivity contribution >= 4 is 22.9 Å². The Balaban J connectivity index is 2.66. The number of alkyl halides is 3. The number of aryl methyl sites for hydroxylation is 1. The third-order valence-corrected chi connectivity index (χ3v) is 4.30. The molecule has 0 radical (unpaired) electrons. The van der Waals surface area contributed by atoms with Crippen LogP contribution in [0.1, 0.15) is 43.2 Å². The number of hydrogen-bond acceptors (Lipinski definition) is 3. The zero-order valence-electron chi connectivity index (χ0n) is 14.6. The van der Waals surface area contributed by atoms with Gasteiger partial charge >= 0.3 is 6.18 Å². The lowest BCUT2D eigenvalue weighted by atomic mass is 9.86. The molecule has 1 aromatic heterocycles. The molecule has 8 heteroatoms. The van der Waals surface area contributed by atoms with E-state index in [0.29, 0.717) is 0 Å². The summed E-state index contributed by atoms with van der Waals surface area (Å²) < 4.78 is 40.4. The Bertz CT molecular complexity index is 898. The van der Waals surface area contributed by atoms with E-state index in [1.165, 1.54) is 7.05 Å². The van der Waals surface area contributed by atoms with Crippen LogP contribution in [0, 0.1) is 11.3 Å². The van der Waals surface area contributed by atoms with E-state index in [1.807, 2.05) is 20.8 Å². The molecule has 0 atom stereocenters. The van der Waals surface area contributed by atoms with E-state index < -0.39 is 28.3 Å². The molecule has 0 saturated heterocycles. The number of aromatic nitrogens is 2. The molecule has 0 aliphatic rings. The fourth-order valence-corrected chi connectivity index (χ4v) is 2.64. The number of halogens is 4. The summed E-state index contributed by atoms with van der Waals surface area (Å²) in [6.45, 7) is 6.02. The number of aliphatic hydroxyl groups excluding tert-OH is 1. The van der Waals surface area contributed by atoms with Crippen molar-refractivity contribution < 1.29 is 18.3 Å². The van der Waals surface area contributed by atoms with Gasteiger partial charge in [0.1, 0.15) is 22.6 Å². The quantitative estimate of drug-likeness (QED) is 0.562. The van der Waals surface area contributed by atoms with Gasteiger partial charge in [-0.05, 0) is 16.5 Å². The van der Waals surface area contributed by atoms with Gasteiger partial charge in [0, 0.05) is 7.05 Å². The molecule has 0 aliphatic carbocycles. The Hall–Kier alpha value is -2.46. The summed E-state index contributed by atoms with van der Waals surface area (Å²) in [6, 6.07) is 8.43. The first kappa shape index (κ1) is 19.9. The van der Waals surface area contributed by atoms with Gasteiger partial charge in [-0.3, -0.25) is 4.68 Å². The van der Waals surface area contributed by atoms with Crippen molar-refractivity contribution in [2.75, 3.05) is 0 Å². The average Bonchev–Trinajstić information content (AvgIpc) is 2.83. The van der Waals surface area contributed by atoms with Crippen LogP contribution in [0.15, 0.2) is 24.3 Å². The van der Waals surface area contributed by atoms with Crippen molar-refractivity contribution in [1.82, 2.24) is 9.78 Å². The number of rotatable bonds is 2. The molecule has 1 N–H and O–H groups in total. The van der Waals surface area contributed by atoms with Gasteiger partial charge in [-0.25, -0.2) is 0 Å². The second-order valence-electron chi connectivity index (χ2n) is 6.80. The molecule has 4 nitrogen and oxygen atoms in total. The lowest BCUT2D eigenvalue weighted by Gasteiger charge is -2.19. The highest BCUT2D eigenvalue weighted by atomic mass is 35.5. The predicted octanol–water partition coefficient (Wildman–Crippen LogP) is 5.34. The zero-order chi connectivity index (χ0) is 19.9. The Morgan fingerprint density at radius 2 is 1.73 bits per heavy atom. The van der Waals surface area contributed by atoms with E-state index in [9.17, 15) is 23.5 Å². The van der Waals surface area contributed by atoms with E-state index in [0.717, 1.165) is 10.2 Å². The minimum absolute atomic E-state index is 0.132. The molecule has 0 amide bonds. The summed E-state index contributed by atoms with van der Waals surface area (Å²) in [5.41, 5.74) is -1.24. The van der Waals surface area contributed by atoms with Crippen LogP contribution in [0.25, 0.3) is 11.3 Å². The molecule has 2 rings (SSSR count). The number of nitrogens with zero attached hydrogens (tertiary/aromatic N) is 3. The lowest BCUT2D eigenvalue weighted by molar-refractivity contribution is -0.141. The summed E-state index contributed by atoms with van der Waals surface area (Å²) in [5.74, 6) is -0.860. The molecule has 0 saturated carbocycles. The summed E-state index contributed by atoms with van der Waals surface area (Å²) in [6.07, 6.45) is -4.83. The summed E-state index contributed by atoms with van der Waals surface area (Å²) in [5, 5.41) is 22.7. The van der Waals surface area contributed by atoms with Crippen LogP contribution in [-0.2, 0) is 18.6 Å². The van der Waals surface area contributed by atoms with Gasteiger partial charge in [-0.2, -0.15) is 23.5 Å². The van der Waals surface area contributed by atoms with Crippen molar-refractivity contribution in [1.29, 1.82) is 5.26 Å². The number of aliphatic hydroxyl groups is 1. The molecule has 138 valence electrons. The van der Waals surface area contributed by atoms with Crippen molar-refractivity contribution in [3.63, 3.8) is 0 Å². The van der Waals surface area contributed by atoms with Gasteiger partial charge in [0.05, 0.1) is 5.56 Å². The van der Waals surface area contributed by atoms with Crippen molar-refractivity contribution in [3.8, 4) is 6.07 Å². The second kappa shape index (κ2) is 6.69. The van der Waals surface area contributed by atoms with Crippen LogP contribution < -0.4 is 0 Å². The van der Waals surface area contributed by atoms with E-state index in [4.69, 9.17) is 11.6 Å². The SMILES string of the molecule is Cn1nc(C(F)(F)F)c(C(O)=C(C#N)c2ccc(C(C)(C)C)cc2)c1Cl. The zero-order valence-corrected chi connectivity index (χ0v) is 15.4. The summed E-state index contributed by atoms with van der Waals surface area (Å²) in [7, 11) is 1.22. The number of nitriles is 1.